The summed E-state index contributed by atoms with van der Waals surface area (Å²) in [5.41, 5.74) is 1.68. The molecule has 0 fully saturated rings. The van der Waals surface area contributed by atoms with Gasteiger partial charge in [-0.2, -0.15) is 0 Å². The molecule has 0 aliphatic carbocycles. The minimum Gasteiger partial charge on any atom is -0.343 e. The molecular weight excluding hydrogens is 358 g/mol. The van der Waals surface area contributed by atoms with Crippen LogP contribution in [0.15, 0.2) is 42.5 Å². The molecule has 136 valence electrons. The number of halogens is 1. The number of non-ortho nitro benzene ring substituents is 1. The van der Waals surface area contributed by atoms with Gasteiger partial charge in [-0.05, 0) is 30.2 Å². The first-order valence-corrected chi connectivity index (χ1v) is 8.18. The van der Waals surface area contributed by atoms with E-state index in [9.17, 15) is 19.7 Å². The number of nitro benzene ring substituents is 1. The Kier molecular flexibility index (Phi) is 6.30. The number of nitro groups is 1. The van der Waals surface area contributed by atoms with Crippen molar-refractivity contribution in [2.45, 2.75) is 13.5 Å². The second-order valence-electron chi connectivity index (χ2n) is 5.78. The normalized spacial score (nSPS) is 10.3. The highest BCUT2D eigenvalue weighted by Crippen LogP contribution is 2.23. The molecule has 0 saturated carbocycles. The van der Waals surface area contributed by atoms with E-state index in [2.05, 4.69) is 5.32 Å². The van der Waals surface area contributed by atoms with E-state index in [0.717, 1.165) is 5.56 Å². The first-order chi connectivity index (χ1) is 12.3. The molecule has 8 heteroatoms. The van der Waals surface area contributed by atoms with E-state index in [-0.39, 0.29) is 30.6 Å². The summed E-state index contributed by atoms with van der Waals surface area (Å²) in [5.74, 6) is -0.673. The van der Waals surface area contributed by atoms with Crippen molar-refractivity contribution in [2.75, 3.05) is 13.6 Å². The van der Waals surface area contributed by atoms with Crippen LogP contribution in [0.2, 0.25) is 5.02 Å². The Balaban J connectivity index is 1.98. The number of hydrogen-bond acceptors (Lipinski definition) is 4. The smallest absolute Gasteiger partial charge is 0.269 e. The first kappa shape index (κ1) is 19.4. The number of hydrogen-bond donors (Lipinski definition) is 1. The SMILES string of the molecule is Cc1ccccc1C(=O)NCC(=O)N(C)Cc1cc([N+](=O)[O-])ccc1Cl. The Morgan fingerprint density at radius 2 is 1.92 bits per heavy atom. The topological polar surface area (TPSA) is 92.6 Å². The summed E-state index contributed by atoms with van der Waals surface area (Å²) in [4.78, 5) is 36.1. The van der Waals surface area contributed by atoms with E-state index in [4.69, 9.17) is 11.6 Å². The van der Waals surface area contributed by atoms with Crippen molar-refractivity contribution in [1.82, 2.24) is 10.2 Å². The van der Waals surface area contributed by atoms with Gasteiger partial charge >= 0.3 is 0 Å². The Bertz CT molecular complexity index is 854. The minimum absolute atomic E-state index is 0.0968. The van der Waals surface area contributed by atoms with Crippen LogP contribution < -0.4 is 5.32 Å². The molecule has 26 heavy (non-hydrogen) atoms. The van der Waals surface area contributed by atoms with Gasteiger partial charge in [-0.1, -0.05) is 29.8 Å². The van der Waals surface area contributed by atoms with E-state index in [1.807, 2.05) is 19.1 Å². The highest BCUT2D eigenvalue weighted by atomic mass is 35.5. The molecule has 7 nitrogen and oxygen atoms in total. The Hall–Kier alpha value is -2.93. The number of carbonyl (C=O) groups excluding carboxylic acids is 2. The highest BCUT2D eigenvalue weighted by molar-refractivity contribution is 6.31. The number of aryl methyl sites for hydroxylation is 1. The molecule has 0 heterocycles. The second kappa shape index (κ2) is 8.44. The van der Waals surface area contributed by atoms with Gasteiger partial charge in [-0.25, -0.2) is 0 Å². The van der Waals surface area contributed by atoms with Crippen molar-refractivity contribution in [3.63, 3.8) is 0 Å². The fourth-order valence-electron chi connectivity index (χ4n) is 2.35. The molecule has 0 atom stereocenters. The molecule has 2 aromatic rings. The average molecular weight is 376 g/mol. The zero-order chi connectivity index (χ0) is 19.3. The van der Waals surface area contributed by atoms with E-state index in [1.54, 1.807) is 12.1 Å². The van der Waals surface area contributed by atoms with Crippen LogP contribution in [0.5, 0.6) is 0 Å². The third-order valence-corrected chi connectivity index (χ3v) is 4.23. The third kappa shape index (κ3) is 4.80. The van der Waals surface area contributed by atoms with Crippen molar-refractivity contribution < 1.29 is 14.5 Å². The number of likely N-dealkylation sites (N-methyl/N-ethyl adjacent to an activating group) is 1. The lowest BCUT2D eigenvalue weighted by Gasteiger charge is -2.18. The predicted octanol–water partition coefficient (Wildman–Crippen LogP) is 2.95. The van der Waals surface area contributed by atoms with Gasteiger partial charge in [0.15, 0.2) is 0 Å². The quantitative estimate of drug-likeness (QED) is 0.620. The molecule has 2 amide bonds. The molecule has 0 unspecified atom stereocenters. The maximum Gasteiger partial charge on any atom is 0.269 e. The largest absolute Gasteiger partial charge is 0.343 e. The summed E-state index contributed by atoms with van der Waals surface area (Å²) in [6.45, 7) is 1.73. The Morgan fingerprint density at radius 3 is 2.58 bits per heavy atom. The fraction of sp³-hybridized carbons (Fsp3) is 0.222. The predicted molar refractivity (Wildman–Crippen MR) is 98.1 cm³/mol. The van der Waals surface area contributed by atoms with Crippen LogP contribution in [0.3, 0.4) is 0 Å². The number of benzene rings is 2. The summed E-state index contributed by atoms with van der Waals surface area (Å²) in [6.07, 6.45) is 0. The first-order valence-electron chi connectivity index (χ1n) is 7.80. The second-order valence-corrected chi connectivity index (χ2v) is 6.19. The fourth-order valence-corrected chi connectivity index (χ4v) is 2.53. The van der Waals surface area contributed by atoms with Crippen molar-refractivity contribution in [3.8, 4) is 0 Å². The summed E-state index contributed by atoms with van der Waals surface area (Å²) in [7, 11) is 1.54. The molecule has 0 aliphatic rings. The van der Waals surface area contributed by atoms with E-state index in [0.29, 0.717) is 16.1 Å². The third-order valence-electron chi connectivity index (χ3n) is 3.86. The molecule has 1 N–H and O–H groups in total. The lowest BCUT2D eigenvalue weighted by Crippen LogP contribution is -2.38. The highest BCUT2D eigenvalue weighted by Gasteiger charge is 2.16. The average Bonchev–Trinajstić information content (AvgIpc) is 2.61. The van der Waals surface area contributed by atoms with Crippen LogP contribution in [0.4, 0.5) is 5.69 Å². The summed E-state index contributed by atoms with van der Waals surface area (Å²) in [6, 6.07) is 11.1. The summed E-state index contributed by atoms with van der Waals surface area (Å²) in [5, 5.41) is 13.8. The number of nitrogens with one attached hydrogen (secondary N) is 1. The lowest BCUT2D eigenvalue weighted by molar-refractivity contribution is -0.384. The minimum atomic E-state index is -0.524. The van der Waals surface area contributed by atoms with Gasteiger partial charge in [-0.3, -0.25) is 19.7 Å². The monoisotopic (exact) mass is 375 g/mol. The number of carbonyl (C=O) groups is 2. The van der Waals surface area contributed by atoms with Gasteiger partial charge in [-0.15, -0.1) is 0 Å². The van der Waals surface area contributed by atoms with Crippen molar-refractivity contribution in [2.24, 2.45) is 0 Å². The van der Waals surface area contributed by atoms with E-state index >= 15 is 0 Å². The molecule has 0 spiro atoms. The molecule has 2 aromatic carbocycles. The molecular formula is C18H18ClN3O4. The molecule has 0 bridgehead atoms. The van der Waals surface area contributed by atoms with Gasteiger partial charge in [0.05, 0.1) is 11.5 Å². The number of amides is 2. The van der Waals surface area contributed by atoms with Crippen LogP contribution in [-0.4, -0.2) is 35.2 Å². The van der Waals surface area contributed by atoms with Gasteiger partial charge in [0.1, 0.15) is 0 Å². The van der Waals surface area contributed by atoms with Crippen LogP contribution >= 0.6 is 11.6 Å². The van der Waals surface area contributed by atoms with Gasteiger partial charge in [0.25, 0.3) is 11.6 Å². The van der Waals surface area contributed by atoms with Crippen molar-refractivity contribution in [3.05, 3.63) is 74.3 Å². The van der Waals surface area contributed by atoms with Crippen molar-refractivity contribution >= 4 is 29.1 Å². The van der Waals surface area contributed by atoms with Crippen LogP contribution in [0.25, 0.3) is 0 Å². The molecule has 0 aromatic heterocycles. The summed E-state index contributed by atoms with van der Waals surface area (Å²) < 4.78 is 0. The molecule has 0 aliphatic heterocycles. The Labute approximate surface area is 155 Å². The zero-order valence-electron chi connectivity index (χ0n) is 14.4. The van der Waals surface area contributed by atoms with Gasteiger partial charge < -0.3 is 10.2 Å². The lowest BCUT2D eigenvalue weighted by atomic mass is 10.1. The summed E-state index contributed by atoms with van der Waals surface area (Å²) >= 11 is 6.04. The Morgan fingerprint density at radius 1 is 1.23 bits per heavy atom. The van der Waals surface area contributed by atoms with Gasteiger partial charge in [0.2, 0.25) is 5.91 Å². The van der Waals surface area contributed by atoms with Crippen LogP contribution in [0.1, 0.15) is 21.5 Å². The zero-order valence-corrected chi connectivity index (χ0v) is 15.1. The van der Waals surface area contributed by atoms with Gasteiger partial charge in [0, 0.05) is 36.3 Å². The van der Waals surface area contributed by atoms with Crippen LogP contribution in [0, 0.1) is 17.0 Å². The van der Waals surface area contributed by atoms with Crippen molar-refractivity contribution in [1.29, 1.82) is 0 Å². The molecule has 2 rings (SSSR count). The maximum atomic E-state index is 12.2. The molecule has 0 saturated heterocycles. The van der Waals surface area contributed by atoms with Crippen LogP contribution in [-0.2, 0) is 11.3 Å². The number of rotatable bonds is 6. The standard InChI is InChI=1S/C18H18ClN3O4/c1-12-5-3-4-6-15(12)18(24)20-10-17(23)21(2)11-13-9-14(22(25)26)7-8-16(13)19/h3-9H,10-11H2,1-2H3,(H,20,24). The molecule has 0 radical (unpaired) electrons. The van der Waals surface area contributed by atoms with E-state index in [1.165, 1.54) is 30.1 Å². The maximum absolute atomic E-state index is 12.2. The van der Waals surface area contributed by atoms with E-state index < -0.39 is 4.92 Å². The number of nitrogens with zero attached hydrogens (tertiary/aromatic N) is 2.